The van der Waals surface area contributed by atoms with E-state index >= 15 is 0 Å². The molecule has 1 fully saturated rings. The summed E-state index contributed by atoms with van der Waals surface area (Å²) in [5.74, 6) is 0.656. The SMILES string of the molecule is COc1ccc(CN2CCN(Cc3cccc(C#N)c3)CC2)cn1. The van der Waals surface area contributed by atoms with E-state index in [-0.39, 0.29) is 0 Å². The van der Waals surface area contributed by atoms with Crippen molar-refractivity contribution in [2.75, 3.05) is 33.3 Å². The molecule has 1 aromatic heterocycles. The monoisotopic (exact) mass is 322 g/mol. The summed E-state index contributed by atoms with van der Waals surface area (Å²) in [4.78, 5) is 9.16. The van der Waals surface area contributed by atoms with E-state index in [1.165, 1.54) is 11.1 Å². The van der Waals surface area contributed by atoms with Crippen LogP contribution in [0.3, 0.4) is 0 Å². The summed E-state index contributed by atoms with van der Waals surface area (Å²) in [5.41, 5.74) is 3.16. The van der Waals surface area contributed by atoms with Gasteiger partial charge in [0, 0.05) is 51.5 Å². The highest BCUT2D eigenvalue weighted by atomic mass is 16.5. The molecule has 0 unspecified atom stereocenters. The van der Waals surface area contributed by atoms with Crippen LogP contribution >= 0.6 is 0 Å². The Morgan fingerprint density at radius 3 is 2.33 bits per heavy atom. The third-order valence-corrected chi connectivity index (χ3v) is 4.34. The van der Waals surface area contributed by atoms with Crippen LogP contribution in [-0.2, 0) is 13.1 Å². The van der Waals surface area contributed by atoms with Crippen molar-refractivity contribution in [1.29, 1.82) is 5.26 Å². The summed E-state index contributed by atoms with van der Waals surface area (Å²) in [5, 5.41) is 8.99. The highest BCUT2D eigenvalue weighted by Gasteiger charge is 2.17. The van der Waals surface area contributed by atoms with Crippen molar-refractivity contribution in [3.63, 3.8) is 0 Å². The first kappa shape index (κ1) is 16.4. The van der Waals surface area contributed by atoms with E-state index in [0.717, 1.165) is 44.8 Å². The molecule has 1 aliphatic rings. The van der Waals surface area contributed by atoms with Crippen LogP contribution in [0, 0.1) is 11.3 Å². The zero-order valence-electron chi connectivity index (χ0n) is 14.0. The third kappa shape index (κ3) is 4.31. The lowest BCUT2D eigenvalue weighted by atomic mass is 10.1. The Morgan fingerprint density at radius 1 is 1.04 bits per heavy atom. The maximum atomic E-state index is 8.99. The van der Waals surface area contributed by atoms with Crippen LogP contribution in [0.4, 0.5) is 0 Å². The average molecular weight is 322 g/mol. The molecule has 0 aliphatic carbocycles. The molecule has 1 saturated heterocycles. The Balaban J connectivity index is 1.49. The summed E-state index contributed by atoms with van der Waals surface area (Å²) >= 11 is 0. The van der Waals surface area contributed by atoms with Gasteiger partial charge in [0.25, 0.3) is 0 Å². The fourth-order valence-electron chi connectivity index (χ4n) is 2.99. The molecule has 0 amide bonds. The second-order valence-corrected chi connectivity index (χ2v) is 6.07. The Morgan fingerprint density at radius 2 is 1.75 bits per heavy atom. The fraction of sp³-hybridized carbons (Fsp3) is 0.368. The molecule has 0 radical (unpaired) electrons. The average Bonchev–Trinajstić information content (AvgIpc) is 2.64. The van der Waals surface area contributed by atoms with E-state index in [4.69, 9.17) is 10.00 Å². The number of nitriles is 1. The first-order valence-electron chi connectivity index (χ1n) is 8.19. The van der Waals surface area contributed by atoms with Gasteiger partial charge < -0.3 is 4.74 Å². The Labute approximate surface area is 143 Å². The second-order valence-electron chi connectivity index (χ2n) is 6.07. The number of ether oxygens (including phenoxy) is 1. The minimum atomic E-state index is 0.656. The number of hydrogen-bond acceptors (Lipinski definition) is 5. The predicted octanol–water partition coefficient (Wildman–Crippen LogP) is 2.28. The number of hydrogen-bond donors (Lipinski definition) is 0. The van der Waals surface area contributed by atoms with Gasteiger partial charge in [0.05, 0.1) is 18.7 Å². The highest BCUT2D eigenvalue weighted by molar-refractivity contribution is 5.32. The smallest absolute Gasteiger partial charge is 0.212 e. The van der Waals surface area contributed by atoms with Gasteiger partial charge in [0.2, 0.25) is 5.88 Å². The van der Waals surface area contributed by atoms with Gasteiger partial charge in [-0.3, -0.25) is 9.80 Å². The number of piperazine rings is 1. The van der Waals surface area contributed by atoms with Gasteiger partial charge in [-0.2, -0.15) is 5.26 Å². The van der Waals surface area contributed by atoms with Crippen LogP contribution in [0.15, 0.2) is 42.6 Å². The van der Waals surface area contributed by atoms with Gasteiger partial charge in [0.15, 0.2) is 0 Å². The molecule has 0 N–H and O–H groups in total. The third-order valence-electron chi connectivity index (χ3n) is 4.34. The van der Waals surface area contributed by atoms with Crippen LogP contribution in [-0.4, -0.2) is 48.1 Å². The highest BCUT2D eigenvalue weighted by Crippen LogP contribution is 2.13. The van der Waals surface area contributed by atoms with E-state index in [1.54, 1.807) is 7.11 Å². The van der Waals surface area contributed by atoms with Crippen LogP contribution in [0.5, 0.6) is 5.88 Å². The van der Waals surface area contributed by atoms with Crippen molar-refractivity contribution in [2.45, 2.75) is 13.1 Å². The molecule has 2 heterocycles. The van der Waals surface area contributed by atoms with Crippen molar-refractivity contribution in [1.82, 2.24) is 14.8 Å². The van der Waals surface area contributed by atoms with Gasteiger partial charge in [-0.05, 0) is 23.3 Å². The van der Waals surface area contributed by atoms with E-state index in [0.29, 0.717) is 5.88 Å². The molecule has 2 aromatic rings. The zero-order valence-corrected chi connectivity index (χ0v) is 14.0. The van der Waals surface area contributed by atoms with E-state index in [2.05, 4.69) is 33.0 Å². The molecule has 24 heavy (non-hydrogen) atoms. The molecule has 0 bridgehead atoms. The van der Waals surface area contributed by atoms with Crippen molar-refractivity contribution in [3.8, 4) is 11.9 Å². The topological polar surface area (TPSA) is 52.4 Å². The minimum Gasteiger partial charge on any atom is -0.481 e. The molecule has 1 aromatic carbocycles. The molecule has 0 atom stereocenters. The molecule has 1 aliphatic heterocycles. The second kappa shape index (κ2) is 7.91. The lowest BCUT2D eigenvalue weighted by Gasteiger charge is -2.34. The van der Waals surface area contributed by atoms with Gasteiger partial charge in [-0.25, -0.2) is 4.98 Å². The molecular weight excluding hydrogens is 300 g/mol. The number of pyridine rings is 1. The summed E-state index contributed by atoms with van der Waals surface area (Å²) in [6.45, 7) is 6.01. The van der Waals surface area contributed by atoms with Crippen LogP contribution < -0.4 is 4.74 Å². The number of rotatable bonds is 5. The van der Waals surface area contributed by atoms with Crippen molar-refractivity contribution in [2.24, 2.45) is 0 Å². The maximum Gasteiger partial charge on any atom is 0.212 e. The molecule has 3 rings (SSSR count). The number of methoxy groups -OCH3 is 1. The lowest BCUT2D eigenvalue weighted by Crippen LogP contribution is -2.45. The number of nitrogens with zero attached hydrogens (tertiary/aromatic N) is 4. The molecule has 5 heteroatoms. The maximum absolute atomic E-state index is 8.99. The van der Waals surface area contributed by atoms with Gasteiger partial charge >= 0.3 is 0 Å². The van der Waals surface area contributed by atoms with E-state index < -0.39 is 0 Å². The molecule has 0 spiro atoms. The standard InChI is InChI=1S/C19H22N4O/c1-24-19-6-5-18(13-21-19)15-23-9-7-22(8-10-23)14-17-4-2-3-16(11-17)12-20/h2-6,11,13H,7-10,14-15H2,1H3. The van der Waals surface area contributed by atoms with Crippen molar-refractivity contribution >= 4 is 0 Å². The minimum absolute atomic E-state index is 0.656. The number of aromatic nitrogens is 1. The first-order chi connectivity index (χ1) is 11.8. The molecule has 0 saturated carbocycles. The van der Waals surface area contributed by atoms with Crippen LogP contribution in [0.25, 0.3) is 0 Å². The van der Waals surface area contributed by atoms with Crippen molar-refractivity contribution in [3.05, 3.63) is 59.3 Å². The van der Waals surface area contributed by atoms with E-state index in [1.807, 2.05) is 30.5 Å². The van der Waals surface area contributed by atoms with Gasteiger partial charge in [-0.1, -0.05) is 18.2 Å². The zero-order chi connectivity index (χ0) is 16.8. The number of benzene rings is 1. The largest absolute Gasteiger partial charge is 0.481 e. The molecule has 5 nitrogen and oxygen atoms in total. The fourth-order valence-corrected chi connectivity index (χ4v) is 2.99. The first-order valence-corrected chi connectivity index (χ1v) is 8.19. The molecule has 124 valence electrons. The normalized spacial score (nSPS) is 15.8. The Bertz CT molecular complexity index is 700. The Kier molecular flexibility index (Phi) is 5.42. The van der Waals surface area contributed by atoms with Crippen LogP contribution in [0.1, 0.15) is 16.7 Å². The molecular formula is C19H22N4O. The van der Waals surface area contributed by atoms with Crippen LogP contribution in [0.2, 0.25) is 0 Å². The quantitative estimate of drug-likeness (QED) is 0.845. The lowest BCUT2D eigenvalue weighted by molar-refractivity contribution is 0.122. The summed E-state index contributed by atoms with van der Waals surface area (Å²) in [7, 11) is 1.63. The Hall–Kier alpha value is -2.42. The predicted molar refractivity (Wildman–Crippen MR) is 92.5 cm³/mol. The van der Waals surface area contributed by atoms with Gasteiger partial charge in [-0.15, -0.1) is 0 Å². The van der Waals surface area contributed by atoms with E-state index in [9.17, 15) is 0 Å². The summed E-state index contributed by atoms with van der Waals surface area (Å²) in [6.07, 6.45) is 1.89. The summed E-state index contributed by atoms with van der Waals surface area (Å²) < 4.78 is 5.09. The van der Waals surface area contributed by atoms with Crippen molar-refractivity contribution < 1.29 is 4.74 Å². The van der Waals surface area contributed by atoms with Gasteiger partial charge in [0.1, 0.15) is 0 Å². The summed E-state index contributed by atoms with van der Waals surface area (Å²) in [6, 6.07) is 14.1.